The van der Waals surface area contributed by atoms with E-state index in [2.05, 4.69) is 24.9 Å². The summed E-state index contributed by atoms with van der Waals surface area (Å²) in [6, 6.07) is 7.19. The number of nitrogens with zero attached hydrogens (tertiary/aromatic N) is 6. The summed E-state index contributed by atoms with van der Waals surface area (Å²) in [5.74, 6) is 0.353. The van der Waals surface area contributed by atoms with Crippen molar-refractivity contribution in [2.24, 2.45) is 0 Å². The molecule has 1 unspecified atom stereocenters. The Hall–Kier alpha value is -3.11. The lowest BCUT2D eigenvalue weighted by Gasteiger charge is -2.36. The van der Waals surface area contributed by atoms with Crippen molar-refractivity contribution in [1.29, 1.82) is 0 Å². The van der Waals surface area contributed by atoms with Gasteiger partial charge in [-0.2, -0.15) is 0 Å². The smallest absolute Gasteiger partial charge is 0.246 e. The largest absolute Gasteiger partial charge is 0.377 e. The fraction of sp³-hybridized carbons (Fsp3) is 0.500. The van der Waals surface area contributed by atoms with Crippen molar-refractivity contribution in [3.63, 3.8) is 0 Å². The molecule has 0 spiro atoms. The van der Waals surface area contributed by atoms with Crippen molar-refractivity contribution in [2.75, 3.05) is 75.3 Å². The number of hydrogen-bond donors (Lipinski definition) is 0. The first-order valence-electron chi connectivity index (χ1n) is 12.6. The zero-order valence-corrected chi connectivity index (χ0v) is 20.4. The third-order valence-electron chi connectivity index (χ3n) is 7.10. The molecule has 4 heterocycles. The van der Waals surface area contributed by atoms with E-state index in [-0.39, 0.29) is 11.5 Å². The minimum Gasteiger partial charge on any atom is -0.377 e. The number of piperazine rings is 2. The van der Waals surface area contributed by atoms with E-state index < -0.39 is 11.6 Å². The average Bonchev–Trinajstić information content (AvgIpc) is 3.43. The van der Waals surface area contributed by atoms with E-state index >= 15 is 0 Å². The second-order valence-corrected chi connectivity index (χ2v) is 9.48. The molecule has 0 aliphatic carbocycles. The predicted octanol–water partition coefficient (Wildman–Crippen LogP) is 2.42. The number of aromatic nitrogens is 2. The van der Waals surface area contributed by atoms with Gasteiger partial charge in [0.2, 0.25) is 5.91 Å². The molecule has 5 rings (SSSR count). The summed E-state index contributed by atoms with van der Waals surface area (Å²) >= 11 is 0. The van der Waals surface area contributed by atoms with Gasteiger partial charge in [0.05, 0.1) is 6.10 Å². The Balaban J connectivity index is 1.08. The highest BCUT2D eigenvalue weighted by Crippen LogP contribution is 2.20. The summed E-state index contributed by atoms with van der Waals surface area (Å²) < 4.78 is 32.9. The number of anilines is 2. The molecule has 3 aliphatic heterocycles. The topological polar surface area (TPSA) is 65.0 Å². The van der Waals surface area contributed by atoms with Gasteiger partial charge in [-0.3, -0.25) is 9.69 Å². The SMILES string of the molecule is O=C(/C=C/c1cc(F)ccc1F)N1CCN(c2ccc(N3CCN(CC4CCCO4)CC3)nn2)CC1. The first-order chi connectivity index (χ1) is 17.5. The van der Waals surface area contributed by atoms with Crippen molar-refractivity contribution in [2.45, 2.75) is 18.9 Å². The standard InChI is InChI=1S/C26H32F2N6O2/c27-21-4-5-23(28)20(18-21)3-8-26(35)34-15-13-33(14-16-34)25-7-6-24(29-30-25)32-11-9-31(10-12-32)19-22-2-1-17-36-22/h3-8,18,22H,1-2,9-17,19H2/b8-3+. The molecule has 1 atom stereocenters. The monoisotopic (exact) mass is 498 g/mol. The Morgan fingerprint density at radius 1 is 0.944 bits per heavy atom. The molecule has 3 aliphatic rings. The van der Waals surface area contributed by atoms with Gasteiger partial charge in [0.15, 0.2) is 11.6 Å². The van der Waals surface area contributed by atoms with E-state index in [1.54, 1.807) is 4.90 Å². The van der Waals surface area contributed by atoms with Gasteiger partial charge in [0.1, 0.15) is 11.6 Å². The number of amides is 1. The molecule has 36 heavy (non-hydrogen) atoms. The Morgan fingerprint density at radius 3 is 2.22 bits per heavy atom. The lowest BCUT2D eigenvalue weighted by Crippen LogP contribution is -2.49. The number of ether oxygens (including phenoxy) is 1. The number of benzene rings is 1. The second-order valence-electron chi connectivity index (χ2n) is 9.48. The number of halogens is 2. The normalized spacial score (nSPS) is 21.5. The van der Waals surface area contributed by atoms with Gasteiger partial charge in [0, 0.05) is 77.1 Å². The number of carbonyl (C=O) groups is 1. The molecule has 3 saturated heterocycles. The van der Waals surface area contributed by atoms with Crippen LogP contribution in [0.1, 0.15) is 18.4 Å². The van der Waals surface area contributed by atoms with E-state index in [9.17, 15) is 13.6 Å². The van der Waals surface area contributed by atoms with Gasteiger partial charge < -0.3 is 19.4 Å². The fourth-order valence-electron chi connectivity index (χ4n) is 4.96. The first-order valence-corrected chi connectivity index (χ1v) is 12.6. The van der Waals surface area contributed by atoms with E-state index in [1.165, 1.54) is 25.0 Å². The highest BCUT2D eigenvalue weighted by Gasteiger charge is 2.24. The van der Waals surface area contributed by atoms with Gasteiger partial charge in [0.25, 0.3) is 0 Å². The Labute approximate surface area is 210 Å². The molecule has 0 bridgehead atoms. The number of carbonyl (C=O) groups excluding carboxylic acids is 1. The van der Waals surface area contributed by atoms with Crippen LogP contribution in [-0.2, 0) is 9.53 Å². The number of rotatable bonds is 6. The molecular formula is C26H32F2N6O2. The van der Waals surface area contributed by atoms with Crippen LogP contribution in [0, 0.1) is 11.6 Å². The van der Waals surface area contributed by atoms with Crippen LogP contribution < -0.4 is 9.80 Å². The third kappa shape index (κ3) is 5.99. The lowest BCUT2D eigenvalue weighted by atomic mass is 10.2. The molecule has 1 aromatic heterocycles. The van der Waals surface area contributed by atoms with Crippen LogP contribution in [0.15, 0.2) is 36.4 Å². The lowest BCUT2D eigenvalue weighted by molar-refractivity contribution is -0.126. The van der Waals surface area contributed by atoms with Gasteiger partial charge in [-0.1, -0.05) is 0 Å². The zero-order chi connectivity index (χ0) is 24.9. The predicted molar refractivity (Wildman–Crippen MR) is 134 cm³/mol. The molecular weight excluding hydrogens is 466 g/mol. The Bertz CT molecular complexity index is 1060. The zero-order valence-electron chi connectivity index (χ0n) is 20.4. The summed E-state index contributed by atoms with van der Waals surface area (Å²) in [6.07, 6.45) is 5.34. The maximum Gasteiger partial charge on any atom is 0.246 e. The van der Waals surface area contributed by atoms with Crippen molar-refractivity contribution in [1.82, 2.24) is 20.0 Å². The molecule has 1 amide bonds. The summed E-state index contributed by atoms with van der Waals surface area (Å²) in [5, 5.41) is 8.92. The van der Waals surface area contributed by atoms with Crippen LogP contribution in [0.2, 0.25) is 0 Å². The molecule has 8 nitrogen and oxygen atoms in total. The maximum absolute atomic E-state index is 13.8. The fourth-order valence-corrected chi connectivity index (χ4v) is 4.96. The Morgan fingerprint density at radius 2 is 1.61 bits per heavy atom. The molecule has 3 fully saturated rings. The van der Waals surface area contributed by atoms with E-state index in [0.717, 1.165) is 69.2 Å². The third-order valence-corrected chi connectivity index (χ3v) is 7.10. The van der Waals surface area contributed by atoms with E-state index in [4.69, 9.17) is 4.74 Å². The molecule has 0 radical (unpaired) electrons. The molecule has 0 saturated carbocycles. The summed E-state index contributed by atoms with van der Waals surface area (Å²) in [6.45, 7) is 8.06. The average molecular weight is 499 g/mol. The molecule has 0 N–H and O–H groups in total. The van der Waals surface area contributed by atoms with Crippen LogP contribution in [0.4, 0.5) is 20.4 Å². The quantitative estimate of drug-likeness (QED) is 0.567. The molecule has 10 heteroatoms. The molecule has 1 aromatic carbocycles. The van der Waals surface area contributed by atoms with Crippen LogP contribution in [0.25, 0.3) is 6.08 Å². The summed E-state index contributed by atoms with van der Waals surface area (Å²) in [4.78, 5) is 21.1. The van der Waals surface area contributed by atoms with Crippen molar-refractivity contribution in [3.8, 4) is 0 Å². The van der Waals surface area contributed by atoms with Crippen molar-refractivity contribution < 1.29 is 18.3 Å². The van der Waals surface area contributed by atoms with Gasteiger partial charge in [-0.05, 0) is 49.2 Å². The molecule has 2 aromatic rings. The Kier molecular flexibility index (Phi) is 7.72. The van der Waals surface area contributed by atoms with Crippen LogP contribution >= 0.6 is 0 Å². The van der Waals surface area contributed by atoms with Crippen molar-refractivity contribution in [3.05, 3.63) is 53.6 Å². The summed E-state index contributed by atoms with van der Waals surface area (Å²) in [7, 11) is 0. The van der Waals surface area contributed by atoms with Crippen LogP contribution in [-0.4, -0.2) is 97.5 Å². The highest BCUT2D eigenvalue weighted by molar-refractivity contribution is 5.92. The number of hydrogen-bond acceptors (Lipinski definition) is 7. The summed E-state index contributed by atoms with van der Waals surface area (Å²) in [5.41, 5.74) is 0.0570. The minimum absolute atomic E-state index is 0.0570. The van der Waals surface area contributed by atoms with Gasteiger partial charge >= 0.3 is 0 Å². The van der Waals surface area contributed by atoms with E-state index in [0.29, 0.717) is 32.3 Å². The van der Waals surface area contributed by atoms with Gasteiger partial charge in [-0.15, -0.1) is 10.2 Å². The van der Waals surface area contributed by atoms with E-state index in [1.807, 2.05) is 12.1 Å². The first kappa shape index (κ1) is 24.6. The van der Waals surface area contributed by atoms with Crippen molar-refractivity contribution >= 4 is 23.6 Å². The molecule has 192 valence electrons. The highest BCUT2D eigenvalue weighted by atomic mass is 19.1. The second kappa shape index (κ2) is 11.3. The van der Waals surface area contributed by atoms with Crippen LogP contribution in [0.5, 0.6) is 0 Å². The van der Waals surface area contributed by atoms with Crippen LogP contribution in [0.3, 0.4) is 0 Å². The maximum atomic E-state index is 13.8. The minimum atomic E-state index is -0.562. The van der Waals surface area contributed by atoms with Gasteiger partial charge in [-0.25, -0.2) is 8.78 Å².